The van der Waals surface area contributed by atoms with Gasteiger partial charge in [0.1, 0.15) is 12.2 Å². The molecule has 0 radical (unpaired) electrons. The minimum atomic E-state index is -0.503. The van der Waals surface area contributed by atoms with Crippen LogP contribution in [0.5, 0.6) is 0 Å². The fourth-order valence-corrected chi connectivity index (χ4v) is 1.37. The molecule has 0 aromatic heterocycles. The molecule has 0 unspecified atom stereocenters. The minimum absolute atomic E-state index is 0.0737. The molecule has 0 bridgehead atoms. The Labute approximate surface area is 138 Å². The average Bonchev–Trinajstić information content (AvgIpc) is 2.45. The number of rotatable bonds is 12. The van der Waals surface area contributed by atoms with Crippen molar-refractivity contribution >= 4 is 12.0 Å². The summed E-state index contributed by atoms with van der Waals surface area (Å²) in [5.74, 6) is -0.153. The van der Waals surface area contributed by atoms with Crippen LogP contribution in [0.15, 0.2) is 0 Å². The number of amides is 2. The first kappa shape index (κ1) is 21.6. The van der Waals surface area contributed by atoms with E-state index in [1.165, 1.54) is 0 Å². The molecule has 0 aliphatic heterocycles. The van der Waals surface area contributed by atoms with Crippen molar-refractivity contribution in [3.8, 4) is 0 Å². The number of hydrogen-bond donors (Lipinski definition) is 2. The number of hydrogen-bond acceptors (Lipinski definition) is 6. The third-order valence-corrected chi connectivity index (χ3v) is 2.29. The zero-order valence-electron chi connectivity index (χ0n) is 14.6. The summed E-state index contributed by atoms with van der Waals surface area (Å²) in [7, 11) is 0. The van der Waals surface area contributed by atoms with Crippen LogP contribution in [0.4, 0.5) is 4.79 Å². The van der Waals surface area contributed by atoms with Crippen molar-refractivity contribution < 1.29 is 28.5 Å². The molecule has 0 rings (SSSR count). The number of nitrogens with one attached hydrogen (secondary N) is 2. The Kier molecular flexibility index (Phi) is 12.3. The van der Waals surface area contributed by atoms with E-state index in [1.54, 1.807) is 20.8 Å². The normalized spacial score (nSPS) is 11.1. The van der Waals surface area contributed by atoms with Gasteiger partial charge < -0.3 is 29.6 Å². The Morgan fingerprint density at radius 1 is 0.870 bits per heavy atom. The minimum Gasteiger partial charge on any atom is -0.444 e. The Balaban J connectivity index is 3.28. The van der Waals surface area contributed by atoms with E-state index in [1.807, 2.05) is 6.92 Å². The van der Waals surface area contributed by atoms with Gasteiger partial charge >= 0.3 is 6.09 Å². The molecule has 0 fully saturated rings. The molecular weight excluding hydrogens is 304 g/mol. The van der Waals surface area contributed by atoms with Gasteiger partial charge in [-0.1, -0.05) is 0 Å². The molecule has 0 saturated carbocycles. The summed E-state index contributed by atoms with van der Waals surface area (Å²) in [5.41, 5.74) is -0.503. The van der Waals surface area contributed by atoms with E-state index in [4.69, 9.17) is 18.9 Å². The molecule has 0 atom stereocenters. The van der Waals surface area contributed by atoms with Crippen molar-refractivity contribution in [1.29, 1.82) is 0 Å². The molecule has 0 saturated heterocycles. The van der Waals surface area contributed by atoms with Crippen LogP contribution in [0.2, 0.25) is 0 Å². The maximum atomic E-state index is 11.3. The van der Waals surface area contributed by atoms with Gasteiger partial charge in [-0.25, -0.2) is 4.79 Å². The molecule has 8 heteroatoms. The Morgan fingerprint density at radius 2 is 1.43 bits per heavy atom. The second kappa shape index (κ2) is 13.1. The van der Waals surface area contributed by atoms with Crippen molar-refractivity contribution in [2.75, 3.05) is 52.7 Å². The smallest absolute Gasteiger partial charge is 0.407 e. The lowest BCUT2D eigenvalue weighted by Crippen LogP contribution is -2.34. The molecule has 0 spiro atoms. The maximum absolute atomic E-state index is 11.3. The van der Waals surface area contributed by atoms with E-state index in [-0.39, 0.29) is 12.5 Å². The van der Waals surface area contributed by atoms with Crippen LogP contribution >= 0.6 is 0 Å². The van der Waals surface area contributed by atoms with Gasteiger partial charge in [0.15, 0.2) is 0 Å². The molecule has 2 amide bonds. The Hall–Kier alpha value is -1.38. The van der Waals surface area contributed by atoms with Crippen molar-refractivity contribution in [3.05, 3.63) is 0 Å². The summed E-state index contributed by atoms with van der Waals surface area (Å²) in [6.45, 7) is 10.3. The van der Waals surface area contributed by atoms with Crippen molar-refractivity contribution in [2.45, 2.75) is 33.3 Å². The number of alkyl carbamates (subject to hydrolysis) is 1. The molecule has 0 aromatic carbocycles. The summed E-state index contributed by atoms with van der Waals surface area (Å²) in [6.07, 6.45) is -0.458. The number of carbonyl (C=O) groups excluding carboxylic acids is 2. The van der Waals surface area contributed by atoms with Gasteiger partial charge in [0.2, 0.25) is 5.91 Å². The molecule has 8 nitrogen and oxygen atoms in total. The Morgan fingerprint density at radius 3 is 1.96 bits per heavy atom. The third-order valence-electron chi connectivity index (χ3n) is 2.29. The highest BCUT2D eigenvalue weighted by Crippen LogP contribution is 2.05. The van der Waals surface area contributed by atoms with Crippen LogP contribution in [-0.4, -0.2) is 70.3 Å². The van der Waals surface area contributed by atoms with Crippen LogP contribution in [0, 0.1) is 0 Å². The van der Waals surface area contributed by atoms with Gasteiger partial charge in [-0.15, -0.1) is 0 Å². The average molecular weight is 334 g/mol. The highest BCUT2D eigenvalue weighted by atomic mass is 16.6. The first-order valence-corrected chi connectivity index (χ1v) is 7.82. The van der Waals surface area contributed by atoms with Crippen molar-refractivity contribution in [2.24, 2.45) is 0 Å². The summed E-state index contributed by atoms with van der Waals surface area (Å²) >= 11 is 0. The largest absolute Gasteiger partial charge is 0.444 e. The predicted octanol–water partition coefficient (Wildman–Crippen LogP) is 0.697. The lowest BCUT2D eigenvalue weighted by molar-refractivity contribution is -0.125. The lowest BCUT2D eigenvalue weighted by Gasteiger charge is -2.19. The molecule has 136 valence electrons. The summed E-state index contributed by atoms with van der Waals surface area (Å²) in [4.78, 5) is 22.5. The zero-order chi connectivity index (χ0) is 17.6. The second-order valence-electron chi connectivity index (χ2n) is 5.64. The molecular formula is C15H30N2O6. The van der Waals surface area contributed by atoms with Gasteiger partial charge in [-0.05, 0) is 27.7 Å². The first-order valence-electron chi connectivity index (χ1n) is 7.82. The van der Waals surface area contributed by atoms with Crippen LogP contribution in [0.25, 0.3) is 0 Å². The number of carbonyl (C=O) groups is 2. The van der Waals surface area contributed by atoms with E-state index in [0.717, 1.165) is 0 Å². The maximum Gasteiger partial charge on any atom is 0.407 e. The lowest BCUT2D eigenvalue weighted by atomic mass is 10.2. The van der Waals surface area contributed by atoms with Crippen molar-refractivity contribution in [3.63, 3.8) is 0 Å². The SMILES string of the molecule is CCOCC(=O)NCCOCCOCCNC(=O)OC(C)(C)C. The molecule has 23 heavy (non-hydrogen) atoms. The monoisotopic (exact) mass is 334 g/mol. The van der Waals surface area contributed by atoms with Gasteiger partial charge in [-0.2, -0.15) is 0 Å². The van der Waals surface area contributed by atoms with Crippen molar-refractivity contribution in [1.82, 2.24) is 10.6 Å². The molecule has 0 heterocycles. The van der Waals surface area contributed by atoms with Gasteiger partial charge in [0.05, 0.1) is 26.4 Å². The second-order valence-corrected chi connectivity index (χ2v) is 5.64. The Bertz CT molecular complexity index is 330. The standard InChI is InChI=1S/C15H30N2O6/c1-5-20-12-13(18)16-6-8-21-10-11-22-9-7-17-14(19)23-15(2,3)4/h5-12H2,1-4H3,(H,16,18)(H,17,19). The summed E-state index contributed by atoms with van der Waals surface area (Å²) < 4.78 is 20.6. The molecule has 2 N–H and O–H groups in total. The van der Waals surface area contributed by atoms with E-state index >= 15 is 0 Å². The quantitative estimate of drug-likeness (QED) is 0.510. The highest BCUT2D eigenvalue weighted by molar-refractivity contribution is 5.77. The third kappa shape index (κ3) is 16.8. The zero-order valence-corrected chi connectivity index (χ0v) is 14.6. The van der Waals surface area contributed by atoms with Gasteiger partial charge in [-0.3, -0.25) is 4.79 Å². The fourth-order valence-electron chi connectivity index (χ4n) is 1.37. The highest BCUT2D eigenvalue weighted by Gasteiger charge is 2.15. The molecule has 0 aliphatic rings. The van der Waals surface area contributed by atoms with E-state index in [0.29, 0.717) is 46.1 Å². The van der Waals surface area contributed by atoms with E-state index in [2.05, 4.69) is 10.6 Å². The first-order chi connectivity index (χ1) is 10.8. The molecule has 0 aromatic rings. The predicted molar refractivity (Wildman–Crippen MR) is 85.4 cm³/mol. The fraction of sp³-hybridized carbons (Fsp3) is 0.867. The van der Waals surface area contributed by atoms with Crippen LogP contribution < -0.4 is 10.6 Å². The molecule has 0 aliphatic carbocycles. The van der Waals surface area contributed by atoms with Crippen LogP contribution in [0.3, 0.4) is 0 Å². The van der Waals surface area contributed by atoms with Crippen LogP contribution in [-0.2, 0) is 23.7 Å². The van der Waals surface area contributed by atoms with Crippen LogP contribution in [0.1, 0.15) is 27.7 Å². The number of ether oxygens (including phenoxy) is 4. The summed E-state index contributed by atoms with van der Waals surface area (Å²) in [6, 6.07) is 0. The topological polar surface area (TPSA) is 95.1 Å². The van der Waals surface area contributed by atoms with E-state index < -0.39 is 11.7 Å². The van der Waals surface area contributed by atoms with E-state index in [9.17, 15) is 9.59 Å². The van der Waals surface area contributed by atoms with Gasteiger partial charge in [0.25, 0.3) is 0 Å². The summed E-state index contributed by atoms with van der Waals surface area (Å²) in [5, 5.41) is 5.26. The van der Waals surface area contributed by atoms with Gasteiger partial charge in [0, 0.05) is 19.7 Å².